The summed E-state index contributed by atoms with van der Waals surface area (Å²) in [6, 6.07) is 30.9. The molecule has 28 heavy (non-hydrogen) atoms. The number of fused-ring (bicyclic) bond motifs is 9. The molecule has 1 heterocycles. The Kier molecular flexibility index (Phi) is 3.01. The fourth-order valence-electron chi connectivity index (χ4n) is 5.08. The molecule has 0 amide bonds. The van der Waals surface area contributed by atoms with E-state index < -0.39 is 0 Å². The topological polar surface area (TPSA) is 12.0 Å². The monoisotopic (exact) mass is 359 g/mol. The summed E-state index contributed by atoms with van der Waals surface area (Å²) < 4.78 is 0. The molecule has 0 spiro atoms. The molecule has 1 aliphatic carbocycles. The molecule has 0 radical (unpaired) electrons. The highest BCUT2D eigenvalue weighted by Crippen LogP contribution is 2.56. The van der Waals surface area contributed by atoms with Crippen molar-refractivity contribution < 1.29 is 0 Å². The van der Waals surface area contributed by atoms with E-state index in [0.29, 0.717) is 0 Å². The van der Waals surface area contributed by atoms with Crippen molar-refractivity contribution in [3.63, 3.8) is 0 Å². The van der Waals surface area contributed by atoms with Crippen molar-refractivity contribution in [1.82, 2.24) is 0 Å². The summed E-state index contributed by atoms with van der Waals surface area (Å²) in [7, 11) is 0. The molecule has 0 unspecified atom stereocenters. The quantitative estimate of drug-likeness (QED) is 0.304. The molecular weight excluding hydrogens is 338 g/mol. The Balaban J connectivity index is 1.82. The molecule has 0 fully saturated rings. The van der Waals surface area contributed by atoms with E-state index in [2.05, 4.69) is 104 Å². The molecule has 0 aromatic heterocycles. The number of anilines is 2. The van der Waals surface area contributed by atoms with Gasteiger partial charge in [0.25, 0.3) is 0 Å². The van der Waals surface area contributed by atoms with Gasteiger partial charge < -0.3 is 5.32 Å². The maximum atomic E-state index is 3.69. The van der Waals surface area contributed by atoms with Crippen molar-refractivity contribution in [2.75, 3.05) is 5.32 Å². The SMILES string of the molecule is CC1(C)c2ccccc2-c2c1ccc1c2-c2ccccc2Nc2ccccc2-1. The summed E-state index contributed by atoms with van der Waals surface area (Å²) in [6.45, 7) is 4.69. The molecule has 0 bridgehead atoms. The van der Waals surface area contributed by atoms with Crippen molar-refractivity contribution >= 4 is 11.4 Å². The number of hydrogen-bond donors (Lipinski definition) is 1. The smallest absolute Gasteiger partial charge is 0.0464 e. The van der Waals surface area contributed by atoms with E-state index >= 15 is 0 Å². The van der Waals surface area contributed by atoms with Crippen LogP contribution >= 0.6 is 0 Å². The largest absolute Gasteiger partial charge is 0.355 e. The zero-order chi connectivity index (χ0) is 18.9. The summed E-state index contributed by atoms with van der Waals surface area (Å²) >= 11 is 0. The third kappa shape index (κ3) is 1.91. The van der Waals surface area contributed by atoms with E-state index in [4.69, 9.17) is 0 Å². The fourth-order valence-corrected chi connectivity index (χ4v) is 5.08. The zero-order valence-corrected chi connectivity index (χ0v) is 16.1. The van der Waals surface area contributed by atoms with Crippen molar-refractivity contribution in [3.8, 4) is 33.4 Å². The van der Waals surface area contributed by atoms with Crippen LogP contribution in [0.15, 0.2) is 84.9 Å². The lowest BCUT2D eigenvalue weighted by atomic mass is 9.80. The summed E-state index contributed by atoms with van der Waals surface area (Å²) in [6.07, 6.45) is 0. The molecule has 1 heteroatoms. The molecular formula is C27H21N. The summed E-state index contributed by atoms with van der Waals surface area (Å²) in [5.74, 6) is 0. The van der Waals surface area contributed by atoms with Crippen LogP contribution < -0.4 is 5.32 Å². The second-order valence-electron chi connectivity index (χ2n) is 8.30. The molecule has 2 aliphatic rings. The van der Waals surface area contributed by atoms with Crippen molar-refractivity contribution in [2.45, 2.75) is 19.3 Å². The van der Waals surface area contributed by atoms with Crippen LogP contribution in [0.3, 0.4) is 0 Å². The van der Waals surface area contributed by atoms with Crippen LogP contribution in [0.2, 0.25) is 0 Å². The van der Waals surface area contributed by atoms with Gasteiger partial charge in [0, 0.05) is 27.9 Å². The number of para-hydroxylation sites is 2. The molecule has 6 rings (SSSR count). The number of benzene rings is 4. The molecule has 0 saturated carbocycles. The van der Waals surface area contributed by atoms with Crippen LogP contribution in [-0.2, 0) is 5.41 Å². The first-order valence-electron chi connectivity index (χ1n) is 9.89. The van der Waals surface area contributed by atoms with E-state index in [1.54, 1.807) is 0 Å². The van der Waals surface area contributed by atoms with E-state index in [9.17, 15) is 0 Å². The van der Waals surface area contributed by atoms with Crippen LogP contribution in [0.25, 0.3) is 33.4 Å². The predicted molar refractivity (Wildman–Crippen MR) is 118 cm³/mol. The predicted octanol–water partition coefficient (Wildman–Crippen LogP) is 7.38. The maximum Gasteiger partial charge on any atom is 0.0464 e. The number of rotatable bonds is 0. The van der Waals surface area contributed by atoms with Gasteiger partial charge in [-0.2, -0.15) is 0 Å². The molecule has 0 atom stereocenters. The van der Waals surface area contributed by atoms with Gasteiger partial charge in [-0.3, -0.25) is 0 Å². The van der Waals surface area contributed by atoms with Gasteiger partial charge in [0.05, 0.1) is 0 Å². The molecule has 4 aromatic rings. The van der Waals surface area contributed by atoms with E-state index in [1.165, 1.54) is 55.9 Å². The van der Waals surface area contributed by atoms with Gasteiger partial charge in [-0.1, -0.05) is 86.6 Å². The first-order chi connectivity index (χ1) is 13.7. The van der Waals surface area contributed by atoms with Gasteiger partial charge >= 0.3 is 0 Å². The first-order valence-corrected chi connectivity index (χ1v) is 9.89. The Hall–Kier alpha value is -3.32. The van der Waals surface area contributed by atoms with E-state index in [-0.39, 0.29) is 5.41 Å². The highest BCUT2D eigenvalue weighted by molar-refractivity contribution is 6.06. The Labute approximate surface area is 165 Å². The number of nitrogens with one attached hydrogen (secondary N) is 1. The van der Waals surface area contributed by atoms with Crippen molar-refractivity contribution in [2.24, 2.45) is 0 Å². The van der Waals surface area contributed by atoms with Crippen LogP contribution in [0.4, 0.5) is 11.4 Å². The van der Waals surface area contributed by atoms with Crippen LogP contribution in [0.1, 0.15) is 25.0 Å². The minimum absolute atomic E-state index is 0.00908. The third-order valence-electron chi connectivity index (χ3n) is 6.43. The zero-order valence-electron chi connectivity index (χ0n) is 16.1. The molecule has 1 nitrogen and oxygen atoms in total. The Morgan fingerprint density at radius 1 is 0.500 bits per heavy atom. The molecule has 1 aliphatic heterocycles. The summed E-state index contributed by atoms with van der Waals surface area (Å²) in [5, 5.41) is 3.69. The Morgan fingerprint density at radius 2 is 1.11 bits per heavy atom. The van der Waals surface area contributed by atoms with Gasteiger partial charge in [0.2, 0.25) is 0 Å². The Morgan fingerprint density at radius 3 is 1.89 bits per heavy atom. The van der Waals surface area contributed by atoms with Crippen molar-refractivity contribution in [1.29, 1.82) is 0 Å². The third-order valence-corrected chi connectivity index (χ3v) is 6.43. The molecule has 4 aromatic carbocycles. The van der Waals surface area contributed by atoms with E-state index in [0.717, 1.165) is 0 Å². The second kappa shape index (κ2) is 5.36. The van der Waals surface area contributed by atoms with Crippen LogP contribution in [0.5, 0.6) is 0 Å². The van der Waals surface area contributed by atoms with Gasteiger partial charge in [0.15, 0.2) is 0 Å². The average Bonchev–Trinajstić information content (AvgIpc) is 2.87. The van der Waals surface area contributed by atoms with E-state index in [1.807, 2.05) is 0 Å². The summed E-state index contributed by atoms with van der Waals surface area (Å²) in [5.41, 5.74) is 13.1. The van der Waals surface area contributed by atoms with Gasteiger partial charge in [-0.25, -0.2) is 0 Å². The van der Waals surface area contributed by atoms with Gasteiger partial charge in [-0.05, 0) is 45.5 Å². The molecule has 0 saturated heterocycles. The Bertz CT molecular complexity index is 1260. The lowest BCUT2D eigenvalue weighted by Gasteiger charge is -2.22. The lowest BCUT2D eigenvalue weighted by Crippen LogP contribution is -2.14. The van der Waals surface area contributed by atoms with Gasteiger partial charge in [0.1, 0.15) is 0 Å². The summed E-state index contributed by atoms with van der Waals surface area (Å²) in [4.78, 5) is 0. The molecule has 134 valence electrons. The van der Waals surface area contributed by atoms with Crippen LogP contribution in [0, 0.1) is 0 Å². The number of hydrogen-bond acceptors (Lipinski definition) is 1. The van der Waals surface area contributed by atoms with Crippen LogP contribution in [-0.4, -0.2) is 0 Å². The standard InChI is InChI=1S/C27H21N/c1-27(2)21-12-6-3-10-19(21)26-22(27)16-15-18-17-9-4-7-13-23(17)28-24-14-8-5-11-20(24)25(18)26/h3-16,28H,1-2H3. The molecule has 1 N–H and O–H groups in total. The highest BCUT2D eigenvalue weighted by atomic mass is 14.9. The van der Waals surface area contributed by atoms with Gasteiger partial charge in [-0.15, -0.1) is 0 Å². The average molecular weight is 359 g/mol. The minimum atomic E-state index is 0.00908. The minimum Gasteiger partial charge on any atom is -0.355 e. The van der Waals surface area contributed by atoms with Crippen molar-refractivity contribution in [3.05, 3.63) is 96.1 Å². The lowest BCUT2D eigenvalue weighted by molar-refractivity contribution is 0.660. The maximum absolute atomic E-state index is 3.69. The fraction of sp³-hybridized carbons (Fsp3) is 0.111. The highest BCUT2D eigenvalue weighted by Gasteiger charge is 2.38. The first kappa shape index (κ1) is 15.7. The second-order valence-corrected chi connectivity index (χ2v) is 8.30. The normalized spacial score (nSPS) is 14.6.